The van der Waals surface area contributed by atoms with Crippen LogP contribution < -0.4 is 0 Å². The summed E-state index contributed by atoms with van der Waals surface area (Å²) >= 11 is 0. The lowest BCUT2D eigenvalue weighted by atomic mass is 10.0. The van der Waals surface area contributed by atoms with Crippen LogP contribution in [0.25, 0.3) is 0 Å². The van der Waals surface area contributed by atoms with Gasteiger partial charge in [-0.25, -0.2) is 0 Å². The van der Waals surface area contributed by atoms with Crippen LogP contribution in [0.15, 0.2) is 109 Å². The van der Waals surface area contributed by atoms with Gasteiger partial charge in [0.15, 0.2) is 6.10 Å². The second-order valence-corrected chi connectivity index (χ2v) is 22.7. The molecule has 0 aliphatic rings. The Labute approximate surface area is 501 Å². The van der Waals surface area contributed by atoms with Crippen LogP contribution >= 0.6 is 0 Å². The molecule has 0 N–H and O–H groups in total. The van der Waals surface area contributed by atoms with E-state index < -0.39 is 6.10 Å². The number of rotatable bonds is 62. The topological polar surface area (TPSA) is 78.9 Å². The zero-order valence-corrected chi connectivity index (χ0v) is 53.3. The summed E-state index contributed by atoms with van der Waals surface area (Å²) in [4.78, 5) is 38.3. The van der Waals surface area contributed by atoms with Gasteiger partial charge in [-0.05, 0) is 122 Å². The molecule has 0 saturated carbocycles. The van der Waals surface area contributed by atoms with Gasteiger partial charge in [-0.2, -0.15) is 0 Å². The van der Waals surface area contributed by atoms with Gasteiger partial charge >= 0.3 is 17.9 Å². The second-order valence-electron chi connectivity index (χ2n) is 22.7. The fourth-order valence-corrected chi connectivity index (χ4v) is 9.60. The van der Waals surface area contributed by atoms with Crippen molar-refractivity contribution in [3.8, 4) is 0 Å². The molecule has 0 fully saturated rings. The molecule has 0 aliphatic heterocycles. The van der Waals surface area contributed by atoms with Crippen LogP contribution in [0, 0.1) is 0 Å². The molecule has 0 aromatic carbocycles. The highest BCUT2D eigenvalue weighted by molar-refractivity contribution is 5.71. The standard InChI is InChI=1S/C75H128O6/c1-4-7-10-13-16-19-22-25-28-30-31-32-33-34-35-36-37-38-39-40-41-42-43-45-47-50-53-56-59-62-65-68-74(77)80-71-72(70-79-73(76)67-64-61-58-55-52-49-46-27-24-21-18-15-12-9-6-3)81-75(78)69-66-63-60-57-54-51-48-44-29-26-23-20-17-14-11-8-5-2/h8,11,17,20,22,25-27,29-31,33-34,46,48,51,57,60,72H,4-7,9-10,12-16,18-19,21,23-24,28,32,35-45,47,49-50,52-56,58-59,61-71H2,1-3H3/b11-8-,20-17-,25-22-,29-26-,31-30-,34-33-,46-27-,51-48-,60-57-. The molecule has 0 aromatic rings. The number of esters is 3. The maximum Gasteiger partial charge on any atom is 0.306 e. The van der Waals surface area contributed by atoms with E-state index in [0.717, 1.165) is 103 Å². The lowest BCUT2D eigenvalue weighted by molar-refractivity contribution is -0.167. The normalized spacial score (nSPS) is 12.8. The third-order valence-corrected chi connectivity index (χ3v) is 14.7. The summed E-state index contributed by atoms with van der Waals surface area (Å²) in [6.45, 7) is 6.48. The molecule has 0 rings (SSSR count). The van der Waals surface area contributed by atoms with Crippen molar-refractivity contribution in [1.29, 1.82) is 0 Å². The molecule has 0 spiro atoms. The Morgan fingerprint density at radius 3 is 0.802 bits per heavy atom. The quantitative estimate of drug-likeness (QED) is 0.0261. The summed E-state index contributed by atoms with van der Waals surface area (Å²) in [5.74, 6) is -0.960. The zero-order valence-electron chi connectivity index (χ0n) is 53.3. The first kappa shape index (κ1) is 77.1. The third-order valence-electron chi connectivity index (χ3n) is 14.7. The average molecular weight is 1130 g/mol. The SMILES string of the molecule is CC/C=C\C/C=C\C/C=C\C/C=C\C/C=C\CCCC(=O)OC(COC(=O)CCCCCCC/C=C\CCCCCCCC)COC(=O)CCCCCCCCCCCCCCCCCC/C=C\C/C=C\C/C=C\CCCCCCC. The van der Waals surface area contributed by atoms with Gasteiger partial charge < -0.3 is 14.2 Å². The first-order valence-corrected chi connectivity index (χ1v) is 34.4. The van der Waals surface area contributed by atoms with E-state index in [-0.39, 0.29) is 37.5 Å². The largest absolute Gasteiger partial charge is 0.462 e. The maximum atomic E-state index is 12.9. The fraction of sp³-hybridized carbons (Fsp3) is 0.720. The first-order chi connectivity index (χ1) is 40.0. The van der Waals surface area contributed by atoms with Crippen molar-refractivity contribution in [2.45, 2.75) is 335 Å². The maximum absolute atomic E-state index is 12.9. The number of hydrogen-bond acceptors (Lipinski definition) is 6. The highest BCUT2D eigenvalue weighted by Gasteiger charge is 2.19. The minimum atomic E-state index is -0.813. The summed E-state index contributed by atoms with van der Waals surface area (Å²) in [7, 11) is 0. The Morgan fingerprint density at radius 2 is 0.494 bits per heavy atom. The summed E-state index contributed by atoms with van der Waals surface area (Å²) in [5, 5.41) is 0. The number of hydrogen-bond donors (Lipinski definition) is 0. The number of allylic oxidation sites excluding steroid dienone is 18. The van der Waals surface area contributed by atoms with Gasteiger partial charge in [0.1, 0.15) is 13.2 Å². The molecular formula is C75H128O6. The average Bonchev–Trinajstić information content (AvgIpc) is 3.47. The molecule has 0 radical (unpaired) electrons. The predicted molar refractivity (Wildman–Crippen MR) is 353 cm³/mol. The van der Waals surface area contributed by atoms with Gasteiger partial charge in [-0.3, -0.25) is 14.4 Å². The summed E-state index contributed by atoms with van der Waals surface area (Å²) in [6, 6.07) is 0. The molecule has 1 unspecified atom stereocenters. The smallest absolute Gasteiger partial charge is 0.306 e. The monoisotopic (exact) mass is 1120 g/mol. The third kappa shape index (κ3) is 66.8. The molecule has 0 heterocycles. The Balaban J connectivity index is 4.29. The van der Waals surface area contributed by atoms with Crippen molar-refractivity contribution in [3.63, 3.8) is 0 Å². The second kappa shape index (κ2) is 68.6. The van der Waals surface area contributed by atoms with Crippen LogP contribution in [-0.2, 0) is 28.6 Å². The molecule has 6 heteroatoms. The minimum Gasteiger partial charge on any atom is -0.462 e. The molecule has 6 nitrogen and oxygen atoms in total. The van der Waals surface area contributed by atoms with Gasteiger partial charge in [-0.1, -0.05) is 297 Å². The van der Waals surface area contributed by atoms with Gasteiger partial charge in [0.25, 0.3) is 0 Å². The molecular weight excluding hydrogens is 997 g/mol. The van der Waals surface area contributed by atoms with Gasteiger partial charge in [0, 0.05) is 19.3 Å². The van der Waals surface area contributed by atoms with E-state index in [9.17, 15) is 14.4 Å². The molecule has 81 heavy (non-hydrogen) atoms. The van der Waals surface area contributed by atoms with Gasteiger partial charge in [-0.15, -0.1) is 0 Å². The van der Waals surface area contributed by atoms with Crippen molar-refractivity contribution < 1.29 is 28.6 Å². The zero-order chi connectivity index (χ0) is 58.5. The molecule has 0 aliphatic carbocycles. The number of carbonyl (C=O) groups is 3. The van der Waals surface area contributed by atoms with Crippen LogP contribution in [0.1, 0.15) is 329 Å². The van der Waals surface area contributed by atoms with Crippen molar-refractivity contribution in [1.82, 2.24) is 0 Å². The van der Waals surface area contributed by atoms with E-state index in [1.807, 2.05) is 0 Å². The van der Waals surface area contributed by atoms with E-state index >= 15 is 0 Å². The van der Waals surface area contributed by atoms with Crippen molar-refractivity contribution >= 4 is 17.9 Å². The van der Waals surface area contributed by atoms with Crippen LogP contribution in [-0.4, -0.2) is 37.2 Å². The molecule has 0 aromatic heterocycles. The lowest BCUT2D eigenvalue weighted by Crippen LogP contribution is -2.30. The summed E-state index contributed by atoms with van der Waals surface area (Å²) < 4.78 is 16.9. The van der Waals surface area contributed by atoms with Gasteiger partial charge in [0.2, 0.25) is 0 Å². The van der Waals surface area contributed by atoms with Crippen LogP contribution in [0.5, 0.6) is 0 Å². The summed E-state index contributed by atoms with van der Waals surface area (Å²) in [5.41, 5.74) is 0. The molecule has 0 bridgehead atoms. The highest BCUT2D eigenvalue weighted by atomic mass is 16.6. The highest BCUT2D eigenvalue weighted by Crippen LogP contribution is 2.16. The molecule has 0 amide bonds. The lowest BCUT2D eigenvalue weighted by Gasteiger charge is -2.18. The predicted octanol–water partition coefficient (Wildman–Crippen LogP) is 23.8. The van der Waals surface area contributed by atoms with Crippen molar-refractivity contribution in [2.75, 3.05) is 13.2 Å². The summed E-state index contributed by atoms with van der Waals surface area (Å²) in [6.07, 6.45) is 94.1. The van der Waals surface area contributed by atoms with E-state index in [1.54, 1.807) is 0 Å². The fourth-order valence-electron chi connectivity index (χ4n) is 9.60. The van der Waals surface area contributed by atoms with Crippen molar-refractivity contribution in [3.05, 3.63) is 109 Å². The number of ether oxygens (including phenoxy) is 3. The first-order valence-electron chi connectivity index (χ1n) is 34.4. The Kier molecular flexibility index (Phi) is 65.2. The van der Waals surface area contributed by atoms with Crippen LogP contribution in [0.4, 0.5) is 0 Å². The number of unbranched alkanes of at least 4 members (excludes halogenated alkanes) is 33. The number of carbonyl (C=O) groups excluding carboxylic acids is 3. The molecule has 0 saturated heterocycles. The Hall–Kier alpha value is -3.93. The molecule has 464 valence electrons. The Bertz CT molecular complexity index is 1620. The van der Waals surface area contributed by atoms with Crippen LogP contribution in [0.2, 0.25) is 0 Å². The Morgan fingerprint density at radius 1 is 0.259 bits per heavy atom. The van der Waals surface area contributed by atoms with Crippen molar-refractivity contribution in [2.24, 2.45) is 0 Å². The minimum absolute atomic E-state index is 0.102. The van der Waals surface area contributed by atoms with Crippen LogP contribution in [0.3, 0.4) is 0 Å². The van der Waals surface area contributed by atoms with Gasteiger partial charge in [0.05, 0.1) is 0 Å². The van der Waals surface area contributed by atoms with E-state index in [2.05, 4.69) is 130 Å². The van der Waals surface area contributed by atoms with E-state index in [1.165, 1.54) is 180 Å². The molecule has 1 atom stereocenters. The van der Waals surface area contributed by atoms with E-state index in [0.29, 0.717) is 19.3 Å². The van der Waals surface area contributed by atoms with E-state index in [4.69, 9.17) is 14.2 Å².